The van der Waals surface area contributed by atoms with Gasteiger partial charge in [0.05, 0.1) is 5.92 Å². The molecule has 1 fully saturated rings. The molecule has 1 saturated heterocycles. The summed E-state index contributed by atoms with van der Waals surface area (Å²) in [6.45, 7) is 6.60. The third-order valence-corrected chi connectivity index (χ3v) is 3.71. The molecule has 2 heterocycles. The molecule has 1 unspecified atom stereocenters. The minimum absolute atomic E-state index is 0.0678. The molecule has 1 aromatic heterocycles. The van der Waals surface area contributed by atoms with E-state index >= 15 is 0 Å². The van der Waals surface area contributed by atoms with Crippen molar-refractivity contribution < 1.29 is 4.79 Å². The van der Waals surface area contributed by atoms with E-state index in [4.69, 9.17) is 5.73 Å². The number of nitrogens with zero attached hydrogens (tertiary/aromatic N) is 3. The minimum Gasteiger partial charge on any atom is -0.370 e. The number of anilines is 2. The number of nitrogens with one attached hydrogen (secondary N) is 1. The molecule has 3 N–H and O–H groups in total. The van der Waals surface area contributed by atoms with E-state index in [9.17, 15) is 4.79 Å². The van der Waals surface area contributed by atoms with Gasteiger partial charge in [0, 0.05) is 25.2 Å². The molecule has 2 rings (SSSR count). The topological polar surface area (TPSA) is 84.1 Å². The predicted octanol–water partition coefficient (Wildman–Crippen LogP) is 1.17. The highest BCUT2D eigenvalue weighted by atomic mass is 16.1. The lowest BCUT2D eigenvalue weighted by molar-refractivity contribution is -0.121. The first-order valence-electron chi connectivity index (χ1n) is 7.29. The molecule has 0 aliphatic carbocycles. The van der Waals surface area contributed by atoms with Crippen molar-refractivity contribution in [1.29, 1.82) is 0 Å². The third-order valence-electron chi connectivity index (χ3n) is 3.71. The highest BCUT2D eigenvalue weighted by Gasteiger charge is 2.29. The van der Waals surface area contributed by atoms with Gasteiger partial charge in [-0.1, -0.05) is 13.8 Å². The van der Waals surface area contributed by atoms with E-state index in [1.54, 1.807) is 6.33 Å². The summed E-state index contributed by atoms with van der Waals surface area (Å²) in [5, 5.41) is 3.34. The largest absolute Gasteiger partial charge is 0.370 e. The van der Waals surface area contributed by atoms with Crippen molar-refractivity contribution in [1.82, 2.24) is 9.97 Å². The first-order valence-corrected chi connectivity index (χ1v) is 7.29. The van der Waals surface area contributed by atoms with Crippen LogP contribution in [0.2, 0.25) is 0 Å². The molecule has 1 aliphatic heterocycles. The number of carbonyl (C=O) groups is 1. The van der Waals surface area contributed by atoms with E-state index in [-0.39, 0.29) is 11.8 Å². The maximum atomic E-state index is 11.3. The summed E-state index contributed by atoms with van der Waals surface area (Å²) in [6.07, 6.45) is 4.31. The number of nitrogens with two attached hydrogens (primary N) is 1. The zero-order valence-electron chi connectivity index (χ0n) is 12.2. The summed E-state index contributed by atoms with van der Waals surface area (Å²) in [5.74, 6) is 1.55. The second kappa shape index (κ2) is 6.54. The fourth-order valence-corrected chi connectivity index (χ4v) is 2.58. The number of rotatable bonds is 6. The van der Waals surface area contributed by atoms with Crippen LogP contribution in [0.4, 0.5) is 11.6 Å². The van der Waals surface area contributed by atoms with Crippen LogP contribution in [0.15, 0.2) is 6.33 Å². The maximum Gasteiger partial charge on any atom is 0.222 e. The van der Waals surface area contributed by atoms with Gasteiger partial charge in [-0.2, -0.15) is 0 Å². The first-order chi connectivity index (χ1) is 9.67. The van der Waals surface area contributed by atoms with E-state index < -0.39 is 0 Å². The van der Waals surface area contributed by atoms with Gasteiger partial charge in [0.15, 0.2) is 0 Å². The highest BCUT2D eigenvalue weighted by molar-refractivity contribution is 5.78. The first kappa shape index (κ1) is 14.6. The lowest BCUT2D eigenvalue weighted by Gasteiger charge is -2.21. The van der Waals surface area contributed by atoms with Gasteiger partial charge >= 0.3 is 0 Å². The Labute approximate surface area is 119 Å². The standard InChI is InChI=1S/C14H23N5O/c1-3-6-16-13-11(4-2)14(18-9-17-13)19-7-5-10(8-19)12(15)20/h9-10H,3-8H2,1-2H3,(H2,15,20)(H,16,17,18). The Morgan fingerprint density at radius 3 is 2.90 bits per heavy atom. The quantitative estimate of drug-likeness (QED) is 0.815. The van der Waals surface area contributed by atoms with Crippen molar-refractivity contribution in [2.75, 3.05) is 29.9 Å². The Morgan fingerprint density at radius 1 is 1.50 bits per heavy atom. The van der Waals surface area contributed by atoms with Gasteiger partial charge in [0.2, 0.25) is 5.91 Å². The Balaban J connectivity index is 2.21. The number of carbonyl (C=O) groups excluding carboxylic acids is 1. The number of hydrogen-bond donors (Lipinski definition) is 2. The smallest absolute Gasteiger partial charge is 0.222 e. The average molecular weight is 277 g/mol. The Morgan fingerprint density at radius 2 is 2.30 bits per heavy atom. The summed E-state index contributed by atoms with van der Waals surface area (Å²) < 4.78 is 0. The molecule has 0 aromatic carbocycles. The van der Waals surface area contributed by atoms with Crippen LogP contribution in [0.5, 0.6) is 0 Å². The highest BCUT2D eigenvalue weighted by Crippen LogP contribution is 2.28. The lowest BCUT2D eigenvalue weighted by atomic mass is 10.1. The number of amides is 1. The molecule has 6 nitrogen and oxygen atoms in total. The Bertz CT molecular complexity index is 477. The van der Waals surface area contributed by atoms with Crippen LogP contribution in [0, 0.1) is 5.92 Å². The molecule has 1 aromatic rings. The van der Waals surface area contributed by atoms with Gasteiger partial charge in [0.1, 0.15) is 18.0 Å². The van der Waals surface area contributed by atoms with Crippen molar-refractivity contribution in [3.05, 3.63) is 11.9 Å². The third kappa shape index (κ3) is 3.00. The summed E-state index contributed by atoms with van der Waals surface area (Å²) >= 11 is 0. The fourth-order valence-electron chi connectivity index (χ4n) is 2.58. The molecular weight excluding hydrogens is 254 g/mol. The van der Waals surface area contributed by atoms with Crippen molar-refractivity contribution >= 4 is 17.5 Å². The van der Waals surface area contributed by atoms with Crippen LogP contribution >= 0.6 is 0 Å². The predicted molar refractivity (Wildman–Crippen MR) is 79.7 cm³/mol. The molecule has 1 aliphatic rings. The molecule has 110 valence electrons. The average Bonchev–Trinajstić information content (AvgIpc) is 2.94. The van der Waals surface area contributed by atoms with E-state index in [1.165, 1.54) is 0 Å². The minimum atomic E-state index is -0.219. The van der Waals surface area contributed by atoms with E-state index in [0.29, 0.717) is 6.54 Å². The Hall–Kier alpha value is -1.85. The molecule has 0 bridgehead atoms. The molecule has 20 heavy (non-hydrogen) atoms. The molecule has 0 radical (unpaired) electrons. The number of hydrogen-bond acceptors (Lipinski definition) is 5. The number of primary amides is 1. The molecular formula is C14H23N5O. The second-order valence-corrected chi connectivity index (χ2v) is 5.14. The van der Waals surface area contributed by atoms with Crippen molar-refractivity contribution in [3.8, 4) is 0 Å². The van der Waals surface area contributed by atoms with Crippen LogP contribution in [0.1, 0.15) is 32.3 Å². The zero-order chi connectivity index (χ0) is 14.5. The second-order valence-electron chi connectivity index (χ2n) is 5.14. The van der Waals surface area contributed by atoms with Gasteiger partial charge in [-0.05, 0) is 19.3 Å². The van der Waals surface area contributed by atoms with Crippen LogP contribution < -0.4 is 16.0 Å². The zero-order valence-corrected chi connectivity index (χ0v) is 12.2. The van der Waals surface area contributed by atoms with E-state index in [1.807, 2.05) is 0 Å². The van der Waals surface area contributed by atoms with E-state index in [0.717, 1.165) is 49.6 Å². The lowest BCUT2D eigenvalue weighted by Crippen LogP contribution is -2.28. The van der Waals surface area contributed by atoms with Crippen molar-refractivity contribution in [2.24, 2.45) is 11.7 Å². The summed E-state index contributed by atoms with van der Waals surface area (Å²) in [4.78, 5) is 22.2. The molecule has 0 saturated carbocycles. The van der Waals surface area contributed by atoms with Crippen LogP contribution in [-0.4, -0.2) is 35.5 Å². The molecule has 0 spiro atoms. The van der Waals surface area contributed by atoms with Crippen LogP contribution in [-0.2, 0) is 11.2 Å². The SMILES string of the molecule is CCCNc1ncnc(N2CCC(C(N)=O)C2)c1CC. The Kier molecular flexibility index (Phi) is 4.76. The summed E-state index contributed by atoms with van der Waals surface area (Å²) in [5.41, 5.74) is 6.51. The molecule has 6 heteroatoms. The van der Waals surface area contributed by atoms with Crippen LogP contribution in [0.25, 0.3) is 0 Å². The van der Waals surface area contributed by atoms with Gasteiger partial charge in [-0.15, -0.1) is 0 Å². The molecule has 1 amide bonds. The van der Waals surface area contributed by atoms with Gasteiger partial charge < -0.3 is 16.0 Å². The summed E-state index contributed by atoms with van der Waals surface area (Å²) in [6, 6.07) is 0. The maximum absolute atomic E-state index is 11.3. The van der Waals surface area contributed by atoms with Gasteiger partial charge in [-0.3, -0.25) is 4.79 Å². The van der Waals surface area contributed by atoms with Crippen molar-refractivity contribution in [3.63, 3.8) is 0 Å². The van der Waals surface area contributed by atoms with Crippen LogP contribution in [0.3, 0.4) is 0 Å². The summed E-state index contributed by atoms with van der Waals surface area (Å²) in [7, 11) is 0. The number of aromatic nitrogens is 2. The fraction of sp³-hybridized carbons (Fsp3) is 0.643. The molecule has 1 atom stereocenters. The monoisotopic (exact) mass is 277 g/mol. The van der Waals surface area contributed by atoms with Gasteiger partial charge in [0.25, 0.3) is 0 Å². The van der Waals surface area contributed by atoms with E-state index in [2.05, 4.69) is 34.0 Å². The normalized spacial score (nSPS) is 18.3. The van der Waals surface area contributed by atoms with Gasteiger partial charge in [-0.25, -0.2) is 9.97 Å². The van der Waals surface area contributed by atoms with Crippen molar-refractivity contribution in [2.45, 2.75) is 33.1 Å².